The molecule has 0 aromatic heterocycles. The number of carbonyl (C=O) groups is 2. The van der Waals surface area contributed by atoms with Crippen LogP contribution in [0.15, 0.2) is 42.5 Å². The first kappa shape index (κ1) is 15.3. The van der Waals surface area contributed by atoms with E-state index in [9.17, 15) is 14.7 Å². The molecule has 0 fully saturated rings. The first-order valence-corrected chi connectivity index (χ1v) is 7.28. The minimum absolute atomic E-state index is 0.119. The second-order valence-electron chi connectivity index (χ2n) is 6.04. The van der Waals surface area contributed by atoms with E-state index in [1.54, 1.807) is 26.0 Å². The number of hydrogen-bond donors (Lipinski definition) is 1. The SMILES string of the molecule is [2H]CC(C)(C)OC(=O)N(c1ccc2ccccc2c1)[C@@H](C)C(=O)O. The molecule has 1 atom stereocenters. The van der Waals surface area contributed by atoms with Crippen LogP contribution in [0.5, 0.6) is 0 Å². The van der Waals surface area contributed by atoms with Crippen LogP contribution < -0.4 is 4.90 Å². The van der Waals surface area contributed by atoms with Crippen molar-refractivity contribution in [2.75, 3.05) is 4.90 Å². The number of carboxylic acid groups (broad SMARTS) is 1. The van der Waals surface area contributed by atoms with E-state index in [-0.39, 0.29) is 6.90 Å². The van der Waals surface area contributed by atoms with Crippen LogP contribution in [-0.2, 0) is 9.53 Å². The maximum absolute atomic E-state index is 12.6. The molecule has 23 heavy (non-hydrogen) atoms. The second kappa shape index (κ2) is 6.28. The fourth-order valence-electron chi connectivity index (χ4n) is 2.21. The van der Waals surface area contributed by atoms with Crippen molar-refractivity contribution in [3.63, 3.8) is 0 Å². The molecule has 0 aliphatic rings. The molecular weight excluding hydrogens is 294 g/mol. The highest BCUT2D eigenvalue weighted by Gasteiger charge is 2.31. The highest BCUT2D eigenvalue weighted by atomic mass is 16.6. The molecule has 2 aromatic carbocycles. The average Bonchev–Trinajstić information content (AvgIpc) is 2.54. The summed E-state index contributed by atoms with van der Waals surface area (Å²) in [5, 5.41) is 11.2. The number of rotatable bonds is 3. The van der Waals surface area contributed by atoms with Crippen molar-refractivity contribution >= 4 is 28.5 Å². The summed E-state index contributed by atoms with van der Waals surface area (Å²) in [5.74, 6) is -1.14. The van der Waals surface area contributed by atoms with E-state index in [1.807, 2.05) is 30.3 Å². The molecule has 0 aliphatic heterocycles. The predicted molar refractivity (Wildman–Crippen MR) is 89.8 cm³/mol. The van der Waals surface area contributed by atoms with Crippen LogP contribution in [0.2, 0.25) is 0 Å². The molecule has 0 spiro atoms. The highest BCUT2D eigenvalue weighted by molar-refractivity contribution is 5.97. The number of fused-ring (bicyclic) bond motifs is 1. The largest absolute Gasteiger partial charge is 0.480 e. The summed E-state index contributed by atoms with van der Waals surface area (Å²) >= 11 is 0. The third-order valence-corrected chi connectivity index (χ3v) is 3.32. The van der Waals surface area contributed by atoms with Crippen LogP contribution in [0.25, 0.3) is 10.8 Å². The first-order chi connectivity index (χ1) is 11.2. The van der Waals surface area contributed by atoms with Crippen molar-refractivity contribution in [3.05, 3.63) is 42.5 Å². The van der Waals surface area contributed by atoms with Gasteiger partial charge >= 0.3 is 12.1 Å². The Morgan fingerprint density at radius 2 is 1.87 bits per heavy atom. The lowest BCUT2D eigenvalue weighted by Crippen LogP contribution is -2.46. The van der Waals surface area contributed by atoms with Gasteiger partial charge in [-0.15, -0.1) is 0 Å². The standard InChI is InChI=1S/C18H21NO4/c1-12(16(20)21)19(17(22)23-18(2,3)4)15-10-9-13-7-5-6-8-14(13)11-15/h5-12H,1-4H3,(H,20,21)/t12-/m0/s1/i2D. The van der Waals surface area contributed by atoms with Gasteiger partial charge in [0.1, 0.15) is 11.6 Å². The molecule has 0 saturated carbocycles. The molecule has 2 rings (SSSR count). The van der Waals surface area contributed by atoms with Crippen LogP contribution in [0.4, 0.5) is 10.5 Å². The van der Waals surface area contributed by atoms with Gasteiger partial charge < -0.3 is 9.84 Å². The molecule has 5 heteroatoms. The molecule has 0 heterocycles. The third kappa shape index (κ3) is 4.00. The van der Waals surface area contributed by atoms with E-state index in [4.69, 9.17) is 6.11 Å². The zero-order chi connectivity index (χ0) is 17.9. The van der Waals surface area contributed by atoms with Gasteiger partial charge in [0, 0.05) is 7.06 Å². The van der Waals surface area contributed by atoms with Crippen molar-refractivity contribution in [1.82, 2.24) is 0 Å². The van der Waals surface area contributed by atoms with Gasteiger partial charge in [-0.2, -0.15) is 0 Å². The van der Waals surface area contributed by atoms with Crippen LogP contribution in [0, 0.1) is 0 Å². The lowest BCUT2D eigenvalue weighted by Gasteiger charge is -2.30. The predicted octanol–water partition coefficient (Wildman–Crippen LogP) is 4.05. The van der Waals surface area contributed by atoms with Gasteiger partial charge in [-0.05, 0) is 50.6 Å². The normalized spacial score (nSPS) is 13.3. The third-order valence-electron chi connectivity index (χ3n) is 3.32. The summed E-state index contributed by atoms with van der Waals surface area (Å²) in [5.41, 5.74) is -0.556. The van der Waals surface area contributed by atoms with E-state index in [0.717, 1.165) is 15.7 Å². The van der Waals surface area contributed by atoms with Gasteiger partial charge in [0.2, 0.25) is 0 Å². The van der Waals surface area contributed by atoms with E-state index in [0.29, 0.717) is 5.69 Å². The summed E-state index contributed by atoms with van der Waals surface area (Å²) in [4.78, 5) is 25.1. The van der Waals surface area contributed by atoms with Gasteiger partial charge in [0.05, 0.1) is 0 Å². The number of carboxylic acids is 1. The summed E-state index contributed by atoms with van der Waals surface area (Å²) in [6.45, 7) is 4.53. The second-order valence-corrected chi connectivity index (χ2v) is 6.04. The molecule has 0 aliphatic carbocycles. The monoisotopic (exact) mass is 316 g/mol. The topological polar surface area (TPSA) is 66.8 Å². The first-order valence-electron chi connectivity index (χ1n) is 7.99. The van der Waals surface area contributed by atoms with E-state index < -0.39 is 23.7 Å². The number of ether oxygens (including phenoxy) is 1. The lowest BCUT2D eigenvalue weighted by molar-refractivity contribution is -0.138. The Balaban J connectivity index is 2.44. The molecule has 1 N–H and O–H groups in total. The smallest absolute Gasteiger partial charge is 0.415 e. The van der Waals surface area contributed by atoms with Crippen molar-refractivity contribution in [2.24, 2.45) is 0 Å². The molecular formula is C18H21NO4. The number of aliphatic carboxylic acids is 1. The van der Waals surface area contributed by atoms with Gasteiger partial charge in [0.25, 0.3) is 0 Å². The Kier molecular flexibility index (Phi) is 4.19. The van der Waals surface area contributed by atoms with Crippen molar-refractivity contribution in [2.45, 2.75) is 39.3 Å². The molecule has 122 valence electrons. The maximum atomic E-state index is 12.6. The molecule has 0 saturated heterocycles. The Hall–Kier alpha value is -2.56. The van der Waals surface area contributed by atoms with E-state index >= 15 is 0 Å². The van der Waals surface area contributed by atoms with Crippen molar-refractivity contribution in [1.29, 1.82) is 0 Å². The van der Waals surface area contributed by atoms with Crippen molar-refractivity contribution < 1.29 is 20.8 Å². The van der Waals surface area contributed by atoms with Gasteiger partial charge in [-0.1, -0.05) is 30.3 Å². The highest BCUT2D eigenvalue weighted by Crippen LogP contribution is 2.25. The van der Waals surface area contributed by atoms with Gasteiger partial charge in [0.15, 0.2) is 0 Å². The summed E-state index contributed by atoms with van der Waals surface area (Å²) in [7, 11) is 0. The number of carbonyl (C=O) groups excluding carboxylic acids is 1. The van der Waals surface area contributed by atoms with Crippen molar-refractivity contribution in [3.8, 4) is 0 Å². The zero-order valence-corrected chi connectivity index (χ0v) is 13.4. The average molecular weight is 316 g/mol. The fraction of sp³-hybridized carbons (Fsp3) is 0.333. The Labute approximate surface area is 136 Å². The fourth-order valence-corrected chi connectivity index (χ4v) is 2.21. The molecule has 1 amide bonds. The van der Waals surface area contributed by atoms with Crippen LogP contribution in [0.3, 0.4) is 0 Å². The Morgan fingerprint density at radius 3 is 2.48 bits per heavy atom. The Morgan fingerprint density at radius 1 is 1.22 bits per heavy atom. The van der Waals surface area contributed by atoms with Crippen LogP contribution in [0.1, 0.15) is 29.0 Å². The molecule has 0 radical (unpaired) electrons. The van der Waals surface area contributed by atoms with Gasteiger partial charge in [-0.3, -0.25) is 4.90 Å². The summed E-state index contributed by atoms with van der Waals surface area (Å²) < 4.78 is 12.8. The number of amides is 1. The van der Waals surface area contributed by atoms with E-state index in [1.165, 1.54) is 6.92 Å². The molecule has 0 unspecified atom stereocenters. The number of hydrogen-bond acceptors (Lipinski definition) is 3. The molecule has 5 nitrogen and oxygen atoms in total. The van der Waals surface area contributed by atoms with Crippen LogP contribution in [-0.4, -0.2) is 28.8 Å². The molecule has 2 aromatic rings. The quantitative estimate of drug-likeness (QED) is 0.927. The van der Waals surface area contributed by atoms with Gasteiger partial charge in [-0.25, -0.2) is 9.59 Å². The van der Waals surface area contributed by atoms with Crippen LogP contribution >= 0.6 is 0 Å². The molecule has 0 bridgehead atoms. The lowest BCUT2D eigenvalue weighted by atomic mass is 10.1. The number of anilines is 1. The minimum atomic E-state index is -1.14. The maximum Gasteiger partial charge on any atom is 0.415 e. The zero-order valence-electron chi connectivity index (χ0n) is 14.4. The number of nitrogens with zero attached hydrogens (tertiary/aromatic N) is 1. The minimum Gasteiger partial charge on any atom is -0.480 e. The Bertz CT molecular complexity index is 760. The number of benzene rings is 2. The van der Waals surface area contributed by atoms with E-state index in [2.05, 4.69) is 0 Å². The summed E-state index contributed by atoms with van der Waals surface area (Å²) in [6.07, 6.45) is -0.780. The summed E-state index contributed by atoms with van der Waals surface area (Å²) in [6, 6.07) is 11.8.